The predicted octanol–water partition coefficient (Wildman–Crippen LogP) is 4.46. The van der Waals surface area contributed by atoms with Crippen molar-refractivity contribution in [1.82, 2.24) is 0 Å². The van der Waals surface area contributed by atoms with Crippen molar-refractivity contribution in [3.05, 3.63) is 57.5 Å². The minimum atomic E-state index is -0.0384. The summed E-state index contributed by atoms with van der Waals surface area (Å²) in [5, 5.41) is 0.645. The fourth-order valence-corrected chi connectivity index (χ4v) is 3.26. The monoisotopic (exact) mass is 379 g/mol. The number of halogens is 2. The molecule has 1 aliphatic heterocycles. The molecule has 1 atom stereocenters. The largest absolute Gasteiger partial charge is 0.484 e. The number of hydrogen-bond donors (Lipinski definition) is 0. The predicted molar refractivity (Wildman–Crippen MR) is 91.7 cm³/mol. The van der Waals surface area contributed by atoms with Gasteiger partial charge in [-0.25, -0.2) is 0 Å². The molecule has 0 radical (unpaired) electrons. The van der Waals surface area contributed by atoms with Crippen LogP contribution in [-0.2, 0) is 11.2 Å². The fourth-order valence-electron chi connectivity index (χ4n) is 2.73. The maximum Gasteiger partial charge on any atom is 0.265 e. The first-order valence-electron chi connectivity index (χ1n) is 7.03. The smallest absolute Gasteiger partial charge is 0.265 e. The molecule has 3 rings (SSSR count). The van der Waals surface area contributed by atoms with E-state index in [1.165, 1.54) is 5.56 Å². The quantitative estimate of drug-likeness (QED) is 0.787. The first-order valence-corrected chi connectivity index (χ1v) is 8.20. The van der Waals surface area contributed by atoms with Gasteiger partial charge in [0.25, 0.3) is 5.91 Å². The Labute approximate surface area is 143 Å². The van der Waals surface area contributed by atoms with E-state index in [9.17, 15) is 4.79 Å². The third-order valence-electron chi connectivity index (χ3n) is 3.70. The zero-order valence-electron chi connectivity index (χ0n) is 12.1. The second kappa shape index (κ2) is 6.31. The van der Waals surface area contributed by atoms with E-state index in [2.05, 4.69) is 22.0 Å². The van der Waals surface area contributed by atoms with Crippen LogP contribution in [0.1, 0.15) is 12.5 Å². The second-order valence-electron chi connectivity index (χ2n) is 5.33. The van der Waals surface area contributed by atoms with Gasteiger partial charge in [-0.05, 0) is 61.4 Å². The van der Waals surface area contributed by atoms with Crippen molar-refractivity contribution in [3.8, 4) is 5.75 Å². The number of amides is 1. The van der Waals surface area contributed by atoms with Gasteiger partial charge in [0.05, 0.1) is 0 Å². The number of carbonyl (C=O) groups excluding carboxylic acids is 1. The van der Waals surface area contributed by atoms with Gasteiger partial charge in [-0.1, -0.05) is 27.5 Å². The molecule has 0 bridgehead atoms. The van der Waals surface area contributed by atoms with Gasteiger partial charge in [0.1, 0.15) is 5.75 Å². The Bertz CT molecular complexity index is 702. The van der Waals surface area contributed by atoms with Crippen LogP contribution in [0.5, 0.6) is 5.75 Å². The lowest BCUT2D eigenvalue weighted by Crippen LogP contribution is -2.39. The molecule has 114 valence electrons. The summed E-state index contributed by atoms with van der Waals surface area (Å²) in [6.07, 6.45) is 0.863. The third kappa shape index (κ3) is 3.13. The van der Waals surface area contributed by atoms with E-state index in [0.717, 1.165) is 16.6 Å². The topological polar surface area (TPSA) is 29.5 Å². The second-order valence-corrected chi connectivity index (χ2v) is 6.68. The molecule has 2 aromatic rings. The standard InChI is InChI=1S/C17H15BrClNO2/c1-11-8-12-9-13(18)2-7-16(12)20(11)17(21)10-22-15-5-3-14(19)4-6-15/h2-7,9,11H,8,10H2,1H3/t11-/m0/s1. The molecule has 22 heavy (non-hydrogen) atoms. The van der Waals surface area contributed by atoms with Crippen LogP contribution in [0.25, 0.3) is 0 Å². The van der Waals surface area contributed by atoms with Gasteiger partial charge in [0, 0.05) is 21.2 Å². The van der Waals surface area contributed by atoms with Crippen molar-refractivity contribution in [1.29, 1.82) is 0 Å². The lowest BCUT2D eigenvalue weighted by molar-refractivity contribution is -0.120. The molecule has 0 fully saturated rings. The highest BCUT2D eigenvalue weighted by Crippen LogP contribution is 2.34. The van der Waals surface area contributed by atoms with E-state index >= 15 is 0 Å². The van der Waals surface area contributed by atoms with Crippen LogP contribution >= 0.6 is 27.5 Å². The summed E-state index contributed by atoms with van der Waals surface area (Å²) >= 11 is 9.30. The van der Waals surface area contributed by atoms with Gasteiger partial charge in [0.15, 0.2) is 6.61 Å². The molecule has 0 N–H and O–H groups in total. The molecule has 0 saturated carbocycles. The molecule has 3 nitrogen and oxygen atoms in total. The van der Waals surface area contributed by atoms with Crippen LogP contribution in [0.2, 0.25) is 5.02 Å². The van der Waals surface area contributed by atoms with Crippen molar-refractivity contribution in [2.24, 2.45) is 0 Å². The number of ether oxygens (including phenoxy) is 1. The van der Waals surface area contributed by atoms with Gasteiger partial charge < -0.3 is 9.64 Å². The Morgan fingerprint density at radius 1 is 1.32 bits per heavy atom. The summed E-state index contributed by atoms with van der Waals surface area (Å²) in [7, 11) is 0. The lowest BCUT2D eigenvalue weighted by atomic mass is 10.1. The van der Waals surface area contributed by atoms with Gasteiger partial charge >= 0.3 is 0 Å². The minimum Gasteiger partial charge on any atom is -0.484 e. The summed E-state index contributed by atoms with van der Waals surface area (Å²) in [5.41, 5.74) is 2.15. The summed E-state index contributed by atoms with van der Waals surface area (Å²) < 4.78 is 6.60. The molecule has 5 heteroatoms. The van der Waals surface area contributed by atoms with Crippen LogP contribution in [0.3, 0.4) is 0 Å². The number of carbonyl (C=O) groups is 1. The summed E-state index contributed by atoms with van der Waals surface area (Å²) in [6.45, 7) is 2.07. The van der Waals surface area contributed by atoms with Crippen LogP contribution in [0.15, 0.2) is 46.9 Å². The molecular weight excluding hydrogens is 366 g/mol. The molecule has 2 aromatic carbocycles. The summed E-state index contributed by atoms with van der Waals surface area (Å²) in [6, 6.07) is 13.1. The van der Waals surface area contributed by atoms with Crippen LogP contribution in [0, 0.1) is 0 Å². The lowest BCUT2D eigenvalue weighted by Gasteiger charge is -2.22. The van der Waals surface area contributed by atoms with Crippen molar-refractivity contribution in [3.63, 3.8) is 0 Å². The molecule has 0 saturated heterocycles. The average molecular weight is 381 g/mol. The number of nitrogens with zero attached hydrogens (tertiary/aromatic N) is 1. The van der Waals surface area contributed by atoms with E-state index in [1.54, 1.807) is 24.3 Å². The highest BCUT2D eigenvalue weighted by molar-refractivity contribution is 9.10. The van der Waals surface area contributed by atoms with Crippen LogP contribution < -0.4 is 9.64 Å². The highest BCUT2D eigenvalue weighted by atomic mass is 79.9. The number of benzene rings is 2. The molecule has 1 aliphatic rings. The van der Waals surface area contributed by atoms with Crippen LogP contribution in [-0.4, -0.2) is 18.6 Å². The molecule has 0 aromatic heterocycles. The van der Waals surface area contributed by atoms with Gasteiger partial charge in [-0.2, -0.15) is 0 Å². The first kappa shape index (κ1) is 15.4. The van der Waals surface area contributed by atoms with Crippen molar-refractivity contribution < 1.29 is 9.53 Å². The SMILES string of the molecule is C[C@H]1Cc2cc(Br)ccc2N1C(=O)COc1ccc(Cl)cc1. The summed E-state index contributed by atoms with van der Waals surface area (Å²) in [4.78, 5) is 14.3. The van der Waals surface area contributed by atoms with Gasteiger partial charge in [-0.15, -0.1) is 0 Å². The Morgan fingerprint density at radius 2 is 2.05 bits per heavy atom. The molecule has 0 unspecified atom stereocenters. The molecule has 1 amide bonds. The van der Waals surface area contributed by atoms with E-state index in [4.69, 9.17) is 16.3 Å². The molecule has 1 heterocycles. The Kier molecular flexibility index (Phi) is 4.41. The normalized spacial score (nSPS) is 16.5. The zero-order chi connectivity index (χ0) is 15.7. The maximum absolute atomic E-state index is 12.5. The number of fused-ring (bicyclic) bond motifs is 1. The minimum absolute atomic E-state index is 0.0154. The average Bonchev–Trinajstić information content (AvgIpc) is 2.81. The zero-order valence-corrected chi connectivity index (χ0v) is 14.4. The molecule has 0 spiro atoms. The van der Waals surface area contributed by atoms with Crippen molar-refractivity contribution >= 4 is 39.1 Å². The van der Waals surface area contributed by atoms with E-state index in [0.29, 0.717) is 10.8 Å². The van der Waals surface area contributed by atoms with Crippen molar-refractivity contribution in [2.75, 3.05) is 11.5 Å². The Morgan fingerprint density at radius 3 is 2.77 bits per heavy atom. The van der Waals surface area contributed by atoms with E-state index in [-0.39, 0.29) is 18.6 Å². The molecule has 0 aliphatic carbocycles. The number of anilines is 1. The first-order chi connectivity index (χ1) is 10.5. The maximum atomic E-state index is 12.5. The van der Waals surface area contributed by atoms with E-state index in [1.807, 2.05) is 24.0 Å². The molecular formula is C17H15BrClNO2. The number of hydrogen-bond acceptors (Lipinski definition) is 2. The Hall–Kier alpha value is -1.52. The Balaban J connectivity index is 1.71. The number of rotatable bonds is 3. The summed E-state index contributed by atoms with van der Waals surface area (Å²) in [5.74, 6) is 0.601. The van der Waals surface area contributed by atoms with E-state index < -0.39 is 0 Å². The van der Waals surface area contributed by atoms with Gasteiger partial charge in [-0.3, -0.25) is 4.79 Å². The third-order valence-corrected chi connectivity index (χ3v) is 4.45. The highest BCUT2D eigenvalue weighted by Gasteiger charge is 2.31. The van der Waals surface area contributed by atoms with Gasteiger partial charge in [0.2, 0.25) is 0 Å². The van der Waals surface area contributed by atoms with Crippen LogP contribution in [0.4, 0.5) is 5.69 Å². The van der Waals surface area contributed by atoms with Crippen molar-refractivity contribution in [2.45, 2.75) is 19.4 Å². The fraction of sp³-hybridized carbons (Fsp3) is 0.235.